The second kappa shape index (κ2) is 8.83. The van der Waals surface area contributed by atoms with Crippen LogP contribution in [0.1, 0.15) is 76.1 Å². The Morgan fingerprint density at radius 2 is 2.00 bits per heavy atom. The van der Waals surface area contributed by atoms with E-state index in [0.717, 1.165) is 18.5 Å². The van der Waals surface area contributed by atoms with Crippen molar-refractivity contribution in [2.45, 2.75) is 82.5 Å². The van der Waals surface area contributed by atoms with E-state index in [9.17, 15) is 19.1 Å². The number of nitrogens with zero attached hydrogens (tertiary/aromatic N) is 4. The molecule has 3 atom stereocenters. The molecule has 2 saturated carbocycles. The van der Waals surface area contributed by atoms with E-state index in [-0.39, 0.29) is 24.6 Å². The van der Waals surface area contributed by atoms with E-state index in [1.807, 2.05) is 27.0 Å². The molecular weight excluding hydrogens is 465 g/mol. The van der Waals surface area contributed by atoms with Gasteiger partial charge >= 0.3 is 0 Å². The summed E-state index contributed by atoms with van der Waals surface area (Å²) in [5.74, 6) is -0.670. The van der Waals surface area contributed by atoms with Crippen LogP contribution in [0.4, 0.5) is 4.39 Å². The molecule has 0 radical (unpaired) electrons. The molecule has 3 fully saturated rings. The highest BCUT2D eigenvalue weighted by Gasteiger charge is 2.51. The number of methoxy groups -OCH3 is 1. The van der Waals surface area contributed by atoms with Crippen LogP contribution in [0, 0.1) is 11.2 Å². The average molecular weight is 500 g/mol. The van der Waals surface area contributed by atoms with Gasteiger partial charge in [-0.25, -0.2) is 9.07 Å². The van der Waals surface area contributed by atoms with E-state index >= 15 is 0 Å². The minimum Gasteiger partial charge on any atom is -0.494 e. The van der Waals surface area contributed by atoms with E-state index < -0.39 is 40.9 Å². The molecule has 1 aromatic heterocycles. The number of hydrogen-bond donors (Lipinski definition) is 2. The lowest BCUT2D eigenvalue weighted by Gasteiger charge is -2.35. The monoisotopic (exact) mass is 499 g/mol. The molecule has 9 nitrogen and oxygen atoms in total. The van der Waals surface area contributed by atoms with Gasteiger partial charge in [0.15, 0.2) is 11.6 Å². The van der Waals surface area contributed by atoms with Crippen LogP contribution in [0.25, 0.3) is 0 Å². The van der Waals surface area contributed by atoms with Gasteiger partial charge in [0.2, 0.25) is 11.8 Å². The molecule has 1 aromatic carbocycles. The van der Waals surface area contributed by atoms with Crippen LogP contribution in [-0.4, -0.2) is 62.6 Å². The molecule has 5 rings (SSSR count). The van der Waals surface area contributed by atoms with Gasteiger partial charge in [-0.2, -0.15) is 0 Å². The lowest BCUT2D eigenvalue weighted by atomic mass is 9.85. The number of carbonyl (C=O) groups excluding carboxylic acids is 2. The zero-order chi connectivity index (χ0) is 25.8. The quantitative estimate of drug-likeness (QED) is 0.606. The maximum atomic E-state index is 15.0. The molecule has 194 valence electrons. The molecule has 2 amide bonds. The zero-order valence-corrected chi connectivity index (χ0v) is 21.2. The first kappa shape index (κ1) is 24.7. The Kier molecular flexibility index (Phi) is 6.05. The molecular formula is C26H34FN5O4. The maximum Gasteiger partial charge on any atom is 0.248 e. The number of amides is 2. The van der Waals surface area contributed by atoms with Crippen LogP contribution in [0.5, 0.6) is 5.75 Å². The summed E-state index contributed by atoms with van der Waals surface area (Å²) < 4.78 is 21.7. The van der Waals surface area contributed by atoms with Gasteiger partial charge in [-0.15, -0.1) is 5.10 Å². The summed E-state index contributed by atoms with van der Waals surface area (Å²) in [4.78, 5) is 28.9. The topological polar surface area (TPSA) is 110 Å². The van der Waals surface area contributed by atoms with Crippen molar-refractivity contribution in [1.82, 2.24) is 25.2 Å². The van der Waals surface area contributed by atoms with Gasteiger partial charge in [0.1, 0.15) is 12.1 Å². The van der Waals surface area contributed by atoms with Crippen molar-refractivity contribution in [2.75, 3.05) is 13.7 Å². The van der Waals surface area contributed by atoms with Crippen LogP contribution in [0.15, 0.2) is 24.4 Å². The third-order valence-electron chi connectivity index (χ3n) is 7.52. The Hall–Kier alpha value is -3.01. The number of β-amino-alcohol motifs (C(OH)–C–C–N with tert-alkyl or cyclic N) is 1. The van der Waals surface area contributed by atoms with Crippen molar-refractivity contribution in [3.8, 4) is 5.75 Å². The third kappa shape index (κ3) is 4.47. The summed E-state index contributed by atoms with van der Waals surface area (Å²) in [6, 6.07) is 3.32. The van der Waals surface area contributed by atoms with Crippen molar-refractivity contribution in [3.63, 3.8) is 0 Å². The Bertz CT molecular complexity index is 1170. The van der Waals surface area contributed by atoms with E-state index in [2.05, 4.69) is 15.6 Å². The van der Waals surface area contributed by atoms with Crippen LogP contribution in [0.3, 0.4) is 0 Å². The zero-order valence-electron chi connectivity index (χ0n) is 21.2. The number of nitrogens with one attached hydrogen (secondary N) is 1. The van der Waals surface area contributed by atoms with Gasteiger partial charge in [0.05, 0.1) is 24.4 Å². The van der Waals surface area contributed by atoms with Gasteiger partial charge in [-0.1, -0.05) is 38.1 Å². The highest BCUT2D eigenvalue weighted by atomic mass is 19.1. The van der Waals surface area contributed by atoms with Gasteiger partial charge in [-0.05, 0) is 37.2 Å². The fraction of sp³-hybridized carbons (Fsp3) is 0.615. The predicted octanol–water partition coefficient (Wildman–Crippen LogP) is 2.66. The minimum atomic E-state index is -0.866. The van der Waals surface area contributed by atoms with Gasteiger partial charge in [0, 0.05) is 30.6 Å². The summed E-state index contributed by atoms with van der Waals surface area (Å²) in [5, 5.41) is 22.0. The highest BCUT2D eigenvalue weighted by Crippen LogP contribution is 2.48. The Morgan fingerprint density at radius 3 is 2.61 bits per heavy atom. The summed E-state index contributed by atoms with van der Waals surface area (Å²) in [7, 11) is 1.40. The largest absolute Gasteiger partial charge is 0.494 e. The molecule has 0 spiro atoms. The SMILES string of the molecule is COc1cccc(C2(NC(=O)C3CC(O)CN3C(=O)[C@@H](n3cc(C4CC4)nn3)C(C)(C)C)CC2)c1F. The number of aliphatic hydroxyl groups excluding tert-OH is 1. The maximum absolute atomic E-state index is 15.0. The van der Waals surface area contributed by atoms with Crippen LogP contribution < -0.4 is 10.1 Å². The fourth-order valence-electron chi connectivity index (χ4n) is 5.27. The number of aromatic nitrogens is 3. The van der Waals surface area contributed by atoms with Crippen LogP contribution >= 0.6 is 0 Å². The average Bonchev–Trinajstić information content (AvgIpc) is 3.72. The minimum absolute atomic E-state index is 0.0498. The number of carbonyl (C=O) groups is 2. The smallest absolute Gasteiger partial charge is 0.248 e. The normalized spacial score (nSPS) is 23.9. The molecule has 2 heterocycles. The number of benzene rings is 1. The summed E-state index contributed by atoms with van der Waals surface area (Å²) >= 11 is 0. The first-order valence-electron chi connectivity index (χ1n) is 12.6. The lowest BCUT2D eigenvalue weighted by molar-refractivity contribution is -0.144. The molecule has 2 N–H and O–H groups in total. The molecule has 10 heteroatoms. The molecule has 1 saturated heterocycles. The Labute approximate surface area is 210 Å². The molecule has 3 aliphatic rings. The van der Waals surface area contributed by atoms with Gasteiger partial charge < -0.3 is 20.1 Å². The number of ether oxygens (including phenoxy) is 1. The van der Waals surface area contributed by atoms with E-state index in [1.165, 1.54) is 18.1 Å². The van der Waals surface area contributed by atoms with Crippen LogP contribution in [-0.2, 0) is 15.1 Å². The summed E-state index contributed by atoms with van der Waals surface area (Å²) in [6.45, 7) is 5.88. The number of aliphatic hydroxyl groups is 1. The second-order valence-electron chi connectivity index (χ2n) is 11.5. The van der Waals surface area contributed by atoms with Gasteiger partial charge in [0.25, 0.3) is 0 Å². The molecule has 1 aliphatic heterocycles. The Morgan fingerprint density at radius 1 is 1.28 bits per heavy atom. The summed E-state index contributed by atoms with van der Waals surface area (Å²) in [5.41, 5.74) is -0.105. The number of likely N-dealkylation sites (tertiary alicyclic amines) is 1. The highest BCUT2D eigenvalue weighted by molar-refractivity contribution is 5.91. The molecule has 36 heavy (non-hydrogen) atoms. The first-order chi connectivity index (χ1) is 17.0. The van der Waals surface area contributed by atoms with Gasteiger partial charge in [-0.3, -0.25) is 9.59 Å². The molecule has 2 unspecified atom stereocenters. The molecule has 0 bridgehead atoms. The van der Waals surface area contributed by atoms with E-state index in [0.29, 0.717) is 24.3 Å². The fourth-order valence-corrected chi connectivity index (χ4v) is 5.27. The number of hydrogen-bond acceptors (Lipinski definition) is 6. The van der Waals surface area contributed by atoms with E-state index in [4.69, 9.17) is 4.74 Å². The molecule has 2 aliphatic carbocycles. The van der Waals surface area contributed by atoms with E-state index in [1.54, 1.807) is 16.8 Å². The molecule has 2 aromatic rings. The lowest BCUT2D eigenvalue weighted by Crippen LogP contribution is -2.52. The van der Waals surface area contributed by atoms with Crippen LogP contribution in [0.2, 0.25) is 0 Å². The standard InChI is InChI=1S/C26H34FN5O4/c1-25(2,3)22(32-14-18(29-30-32)15-8-9-15)24(35)31-13-16(33)12-19(31)23(34)28-26(10-11-26)17-6-5-7-20(36-4)21(17)27/h5-7,14-16,19,22,33H,8-13H2,1-4H3,(H,28,34)/t16?,19?,22-/m1/s1. The number of rotatable bonds is 7. The predicted molar refractivity (Wildman–Crippen MR) is 129 cm³/mol. The van der Waals surface area contributed by atoms with Crippen molar-refractivity contribution in [1.29, 1.82) is 0 Å². The van der Waals surface area contributed by atoms with Crippen molar-refractivity contribution >= 4 is 11.8 Å². The second-order valence-corrected chi connectivity index (χ2v) is 11.5. The first-order valence-corrected chi connectivity index (χ1v) is 12.6. The van der Waals surface area contributed by atoms with Crippen molar-refractivity contribution < 1.29 is 23.8 Å². The van der Waals surface area contributed by atoms with Crippen molar-refractivity contribution in [2.24, 2.45) is 5.41 Å². The Balaban J connectivity index is 1.38. The van der Waals surface area contributed by atoms with Crippen molar-refractivity contribution in [3.05, 3.63) is 41.5 Å². The number of halogens is 1. The summed E-state index contributed by atoms with van der Waals surface area (Å²) in [6.07, 6.45) is 4.44. The third-order valence-corrected chi connectivity index (χ3v) is 7.52.